The number of ether oxygens (including phenoxy) is 1. The van der Waals surface area contributed by atoms with Gasteiger partial charge in [-0.05, 0) is 54.4 Å². The van der Waals surface area contributed by atoms with Crippen LogP contribution in [0, 0.1) is 5.92 Å². The summed E-state index contributed by atoms with van der Waals surface area (Å²) in [5.74, 6) is -1.52. The van der Waals surface area contributed by atoms with Crippen LogP contribution in [0.2, 0.25) is 5.02 Å². The second kappa shape index (κ2) is 9.02. The fourth-order valence-electron chi connectivity index (χ4n) is 2.30. The zero-order chi connectivity index (χ0) is 21.8. The summed E-state index contributed by atoms with van der Waals surface area (Å²) in [6.45, 7) is 3.30. The molecular formula is C18H18ClF3N2O4S. The Labute approximate surface area is 171 Å². The van der Waals surface area contributed by atoms with Crippen LogP contribution in [0.15, 0.2) is 53.4 Å². The number of carbonyl (C=O) groups excluding carboxylic acids is 1. The number of amides is 1. The molecule has 0 aliphatic heterocycles. The molecule has 0 aliphatic rings. The Morgan fingerprint density at radius 1 is 1.03 bits per heavy atom. The van der Waals surface area contributed by atoms with Crippen molar-refractivity contribution in [3.05, 3.63) is 53.6 Å². The molecule has 6 nitrogen and oxygen atoms in total. The lowest BCUT2D eigenvalue weighted by atomic mass is 10.0. The molecule has 11 heteroatoms. The lowest BCUT2D eigenvalue weighted by Gasteiger charge is -2.22. The largest absolute Gasteiger partial charge is 0.573 e. The van der Waals surface area contributed by atoms with E-state index in [2.05, 4.69) is 14.8 Å². The fourth-order valence-corrected chi connectivity index (χ4v) is 3.77. The van der Waals surface area contributed by atoms with Crippen molar-refractivity contribution in [2.75, 3.05) is 5.32 Å². The number of halogens is 4. The number of hydrogen-bond donors (Lipinski definition) is 2. The van der Waals surface area contributed by atoms with Gasteiger partial charge in [-0.3, -0.25) is 4.79 Å². The minimum absolute atomic E-state index is 0.0611. The third-order valence-corrected chi connectivity index (χ3v) is 5.42. The standard InChI is InChI=1S/C18H18ClF3N2O4S/c1-11(2)16(24-29(26,27)15-9-3-12(19)4-10-15)17(25)23-13-5-7-14(8-6-13)28-18(20,21)22/h3-11,16,24H,1-2H3,(H,23,25)/t16-/m0/s1. The predicted octanol–water partition coefficient (Wildman–Crippen LogP) is 4.18. The summed E-state index contributed by atoms with van der Waals surface area (Å²) in [6.07, 6.45) is -4.83. The maximum absolute atomic E-state index is 12.6. The van der Waals surface area contributed by atoms with E-state index in [-0.39, 0.29) is 10.6 Å². The molecule has 0 unspecified atom stereocenters. The van der Waals surface area contributed by atoms with Crippen molar-refractivity contribution in [3.8, 4) is 5.75 Å². The Bertz CT molecular complexity index is 947. The van der Waals surface area contributed by atoms with E-state index < -0.39 is 40.0 Å². The van der Waals surface area contributed by atoms with Gasteiger partial charge in [0, 0.05) is 10.7 Å². The van der Waals surface area contributed by atoms with Gasteiger partial charge in [-0.15, -0.1) is 13.2 Å². The van der Waals surface area contributed by atoms with E-state index in [1.165, 1.54) is 36.4 Å². The van der Waals surface area contributed by atoms with Gasteiger partial charge in [-0.1, -0.05) is 25.4 Å². The first-order valence-electron chi connectivity index (χ1n) is 8.32. The molecule has 2 aromatic rings. The molecule has 0 fully saturated rings. The highest BCUT2D eigenvalue weighted by Crippen LogP contribution is 2.24. The highest BCUT2D eigenvalue weighted by atomic mass is 35.5. The minimum atomic E-state index is -4.83. The molecule has 1 atom stereocenters. The van der Waals surface area contributed by atoms with Gasteiger partial charge in [0.05, 0.1) is 4.90 Å². The molecule has 2 rings (SSSR count). The van der Waals surface area contributed by atoms with E-state index in [0.29, 0.717) is 5.02 Å². The molecule has 0 radical (unpaired) electrons. The van der Waals surface area contributed by atoms with Crippen LogP contribution in [0.25, 0.3) is 0 Å². The number of nitrogens with one attached hydrogen (secondary N) is 2. The van der Waals surface area contributed by atoms with Gasteiger partial charge < -0.3 is 10.1 Å². The summed E-state index contributed by atoms with van der Waals surface area (Å²) in [4.78, 5) is 12.5. The zero-order valence-corrected chi connectivity index (χ0v) is 16.9. The van der Waals surface area contributed by atoms with Crippen LogP contribution in [-0.4, -0.2) is 26.7 Å². The van der Waals surface area contributed by atoms with Crippen molar-refractivity contribution >= 4 is 33.2 Å². The fraction of sp³-hybridized carbons (Fsp3) is 0.278. The molecule has 0 saturated carbocycles. The van der Waals surface area contributed by atoms with Gasteiger partial charge in [-0.25, -0.2) is 8.42 Å². The summed E-state index contributed by atoms with van der Waals surface area (Å²) in [5, 5.41) is 2.83. The van der Waals surface area contributed by atoms with Crippen molar-refractivity contribution < 1.29 is 31.1 Å². The van der Waals surface area contributed by atoms with Crippen LogP contribution in [-0.2, 0) is 14.8 Å². The first-order valence-corrected chi connectivity index (χ1v) is 10.2. The Morgan fingerprint density at radius 3 is 2.07 bits per heavy atom. The molecule has 0 spiro atoms. The number of anilines is 1. The maximum atomic E-state index is 12.6. The highest BCUT2D eigenvalue weighted by molar-refractivity contribution is 7.89. The van der Waals surface area contributed by atoms with E-state index in [9.17, 15) is 26.4 Å². The average Bonchev–Trinajstić information content (AvgIpc) is 2.60. The second-order valence-electron chi connectivity index (χ2n) is 6.36. The molecule has 1 amide bonds. The van der Waals surface area contributed by atoms with Gasteiger partial charge in [-0.2, -0.15) is 4.72 Å². The first-order chi connectivity index (χ1) is 13.4. The molecule has 0 heterocycles. The van der Waals surface area contributed by atoms with Crippen LogP contribution in [0.4, 0.5) is 18.9 Å². The number of carbonyl (C=O) groups is 1. The van der Waals surface area contributed by atoms with Gasteiger partial charge in [0.15, 0.2) is 0 Å². The molecule has 2 N–H and O–H groups in total. The summed E-state index contributed by atoms with van der Waals surface area (Å²) in [6, 6.07) is 8.79. The quantitative estimate of drug-likeness (QED) is 0.662. The molecule has 158 valence electrons. The number of hydrogen-bond acceptors (Lipinski definition) is 4. The Morgan fingerprint density at radius 2 is 1.59 bits per heavy atom. The zero-order valence-electron chi connectivity index (χ0n) is 15.3. The molecule has 0 aliphatic carbocycles. The second-order valence-corrected chi connectivity index (χ2v) is 8.51. The molecule has 0 saturated heterocycles. The SMILES string of the molecule is CC(C)[C@H](NS(=O)(=O)c1ccc(Cl)cc1)C(=O)Nc1ccc(OC(F)(F)F)cc1. The number of alkyl halides is 3. The molecule has 29 heavy (non-hydrogen) atoms. The van der Waals surface area contributed by atoms with Crippen molar-refractivity contribution in [1.29, 1.82) is 0 Å². The van der Waals surface area contributed by atoms with Crippen molar-refractivity contribution in [2.24, 2.45) is 5.92 Å². The lowest BCUT2D eigenvalue weighted by molar-refractivity contribution is -0.274. The van der Waals surface area contributed by atoms with Crippen LogP contribution in [0.5, 0.6) is 5.75 Å². The summed E-state index contributed by atoms with van der Waals surface area (Å²) >= 11 is 5.75. The topological polar surface area (TPSA) is 84.5 Å². The summed E-state index contributed by atoms with van der Waals surface area (Å²) in [5.41, 5.74) is 0.181. The minimum Gasteiger partial charge on any atom is -0.406 e. The monoisotopic (exact) mass is 450 g/mol. The van der Waals surface area contributed by atoms with Crippen LogP contribution >= 0.6 is 11.6 Å². The van der Waals surface area contributed by atoms with Crippen molar-refractivity contribution in [1.82, 2.24) is 4.72 Å². The van der Waals surface area contributed by atoms with Crippen LogP contribution in [0.3, 0.4) is 0 Å². The maximum Gasteiger partial charge on any atom is 0.573 e. The average molecular weight is 451 g/mol. The van der Waals surface area contributed by atoms with E-state index in [1.54, 1.807) is 13.8 Å². The third kappa shape index (κ3) is 6.91. The number of rotatable bonds is 7. The highest BCUT2D eigenvalue weighted by Gasteiger charge is 2.31. The number of benzene rings is 2. The van der Waals surface area contributed by atoms with E-state index >= 15 is 0 Å². The van der Waals surface area contributed by atoms with Crippen molar-refractivity contribution in [2.45, 2.75) is 31.1 Å². The normalized spacial score (nSPS) is 13.2. The van der Waals surface area contributed by atoms with Crippen molar-refractivity contribution in [3.63, 3.8) is 0 Å². The van der Waals surface area contributed by atoms with E-state index in [1.807, 2.05) is 0 Å². The Balaban J connectivity index is 2.12. The van der Waals surface area contributed by atoms with E-state index in [0.717, 1.165) is 12.1 Å². The number of sulfonamides is 1. The van der Waals surface area contributed by atoms with Gasteiger partial charge in [0.2, 0.25) is 15.9 Å². The molecule has 0 bridgehead atoms. The molecule has 2 aromatic carbocycles. The smallest absolute Gasteiger partial charge is 0.406 e. The van der Waals surface area contributed by atoms with E-state index in [4.69, 9.17) is 11.6 Å². The van der Waals surface area contributed by atoms with Gasteiger partial charge in [0.1, 0.15) is 11.8 Å². The molecule has 0 aromatic heterocycles. The lowest BCUT2D eigenvalue weighted by Crippen LogP contribution is -2.47. The first kappa shape index (κ1) is 23.0. The van der Waals surface area contributed by atoms with Crippen LogP contribution in [0.1, 0.15) is 13.8 Å². The van der Waals surface area contributed by atoms with Gasteiger partial charge in [0.25, 0.3) is 0 Å². The van der Waals surface area contributed by atoms with Gasteiger partial charge >= 0.3 is 6.36 Å². The summed E-state index contributed by atoms with van der Waals surface area (Å²) in [7, 11) is -4.00. The summed E-state index contributed by atoms with van der Waals surface area (Å²) < 4.78 is 67.8. The molecular weight excluding hydrogens is 433 g/mol. The predicted molar refractivity (Wildman–Crippen MR) is 102 cm³/mol. The van der Waals surface area contributed by atoms with Crippen LogP contribution < -0.4 is 14.8 Å². The Hall–Kier alpha value is -2.30. The Kier molecular flexibility index (Phi) is 7.15. The third-order valence-electron chi connectivity index (χ3n) is 3.71.